The molecule has 0 amide bonds. The molecule has 0 aliphatic carbocycles. The molecule has 0 saturated heterocycles. The Labute approximate surface area is 98.6 Å². The van der Waals surface area contributed by atoms with Gasteiger partial charge in [-0.15, -0.1) is 0 Å². The molecule has 3 N–H and O–H groups in total. The van der Waals surface area contributed by atoms with Gasteiger partial charge in [0.15, 0.2) is 0 Å². The number of hydrogen-bond donors (Lipinski definition) is 2. The van der Waals surface area contributed by atoms with E-state index in [0.717, 1.165) is 11.4 Å². The standard InChI is InChI=1S/C11H18N2O2S/c1-3-16(14)7-6-13-11-8-9(15-2)4-5-10(11)12/h4-5,8,13H,3,6-7,12H2,1-2H3. The summed E-state index contributed by atoms with van der Waals surface area (Å²) in [5.74, 6) is 2.08. The summed E-state index contributed by atoms with van der Waals surface area (Å²) in [6, 6.07) is 5.44. The summed E-state index contributed by atoms with van der Waals surface area (Å²) in [6.45, 7) is 2.56. The highest BCUT2D eigenvalue weighted by molar-refractivity contribution is 7.84. The Balaban J connectivity index is 2.55. The minimum absolute atomic E-state index is 0.632. The lowest BCUT2D eigenvalue weighted by Gasteiger charge is -2.10. The van der Waals surface area contributed by atoms with E-state index in [-0.39, 0.29) is 0 Å². The van der Waals surface area contributed by atoms with E-state index in [1.165, 1.54) is 0 Å². The second-order valence-corrected chi connectivity index (χ2v) is 5.18. The summed E-state index contributed by atoms with van der Waals surface area (Å²) >= 11 is 0. The van der Waals surface area contributed by atoms with Crippen LogP contribution >= 0.6 is 0 Å². The maximum Gasteiger partial charge on any atom is 0.121 e. The first-order valence-corrected chi connectivity index (χ1v) is 6.68. The zero-order chi connectivity index (χ0) is 12.0. The maximum absolute atomic E-state index is 11.2. The smallest absolute Gasteiger partial charge is 0.121 e. The van der Waals surface area contributed by atoms with E-state index in [4.69, 9.17) is 10.5 Å². The van der Waals surface area contributed by atoms with E-state index >= 15 is 0 Å². The molecule has 0 saturated carbocycles. The number of benzene rings is 1. The van der Waals surface area contributed by atoms with Gasteiger partial charge in [-0.1, -0.05) is 6.92 Å². The lowest BCUT2D eigenvalue weighted by molar-refractivity contribution is 0.415. The van der Waals surface area contributed by atoms with Gasteiger partial charge in [-0.2, -0.15) is 0 Å². The molecular formula is C11H18N2O2S. The van der Waals surface area contributed by atoms with Crippen LogP contribution in [0.2, 0.25) is 0 Å². The molecular weight excluding hydrogens is 224 g/mol. The number of methoxy groups -OCH3 is 1. The normalized spacial score (nSPS) is 12.1. The van der Waals surface area contributed by atoms with Crippen molar-refractivity contribution in [1.82, 2.24) is 0 Å². The van der Waals surface area contributed by atoms with Crippen LogP contribution in [0.5, 0.6) is 5.75 Å². The zero-order valence-electron chi connectivity index (χ0n) is 9.66. The molecule has 1 aromatic rings. The van der Waals surface area contributed by atoms with Gasteiger partial charge in [0.25, 0.3) is 0 Å². The van der Waals surface area contributed by atoms with Gasteiger partial charge in [-0.3, -0.25) is 4.21 Å². The molecule has 0 aliphatic heterocycles. The first kappa shape index (κ1) is 12.8. The predicted octanol–water partition coefficient (Wildman–Crippen LogP) is 1.46. The van der Waals surface area contributed by atoms with Crippen molar-refractivity contribution in [3.63, 3.8) is 0 Å². The fourth-order valence-corrected chi connectivity index (χ4v) is 1.88. The Morgan fingerprint density at radius 3 is 2.88 bits per heavy atom. The van der Waals surface area contributed by atoms with Crippen LogP contribution in [-0.2, 0) is 10.8 Å². The Morgan fingerprint density at radius 1 is 1.50 bits per heavy atom. The first-order valence-electron chi connectivity index (χ1n) is 5.19. The lowest BCUT2D eigenvalue weighted by Crippen LogP contribution is -2.12. The molecule has 1 rings (SSSR count). The molecule has 0 spiro atoms. The predicted molar refractivity (Wildman–Crippen MR) is 69.4 cm³/mol. The number of nitrogens with one attached hydrogen (secondary N) is 1. The van der Waals surface area contributed by atoms with Crippen LogP contribution in [0.1, 0.15) is 6.92 Å². The van der Waals surface area contributed by atoms with Crippen molar-refractivity contribution in [2.45, 2.75) is 6.92 Å². The molecule has 90 valence electrons. The second kappa shape index (κ2) is 6.37. The Kier molecular flexibility index (Phi) is 5.11. The second-order valence-electron chi connectivity index (χ2n) is 3.31. The van der Waals surface area contributed by atoms with Crippen LogP contribution in [0.4, 0.5) is 11.4 Å². The van der Waals surface area contributed by atoms with Crippen molar-refractivity contribution in [2.24, 2.45) is 0 Å². The Hall–Kier alpha value is -1.23. The fourth-order valence-electron chi connectivity index (χ4n) is 1.26. The maximum atomic E-state index is 11.2. The minimum atomic E-state index is -0.749. The van der Waals surface area contributed by atoms with Gasteiger partial charge in [-0.25, -0.2) is 0 Å². The highest BCUT2D eigenvalue weighted by atomic mass is 32.2. The molecule has 0 fully saturated rings. The number of anilines is 2. The number of nitrogens with two attached hydrogens (primary N) is 1. The van der Waals surface area contributed by atoms with Gasteiger partial charge in [0.1, 0.15) is 5.75 Å². The molecule has 1 unspecified atom stereocenters. The SMILES string of the molecule is CCS(=O)CCNc1cc(OC)ccc1N. The van der Waals surface area contributed by atoms with Crippen molar-refractivity contribution in [2.75, 3.05) is 36.2 Å². The molecule has 5 heteroatoms. The molecule has 1 atom stereocenters. The van der Waals surface area contributed by atoms with E-state index in [1.807, 2.05) is 19.1 Å². The number of hydrogen-bond acceptors (Lipinski definition) is 4. The molecule has 0 heterocycles. The van der Waals surface area contributed by atoms with Gasteiger partial charge < -0.3 is 15.8 Å². The summed E-state index contributed by atoms with van der Waals surface area (Å²) in [5.41, 5.74) is 7.30. The average Bonchev–Trinajstić information content (AvgIpc) is 2.31. The minimum Gasteiger partial charge on any atom is -0.497 e. The largest absolute Gasteiger partial charge is 0.497 e. The molecule has 0 aliphatic rings. The lowest BCUT2D eigenvalue weighted by atomic mass is 10.2. The first-order chi connectivity index (χ1) is 7.67. The van der Waals surface area contributed by atoms with Crippen molar-refractivity contribution >= 4 is 22.2 Å². The van der Waals surface area contributed by atoms with Crippen LogP contribution in [0.3, 0.4) is 0 Å². The summed E-state index contributed by atoms with van der Waals surface area (Å²) in [6.07, 6.45) is 0. The van der Waals surface area contributed by atoms with Gasteiger partial charge in [0.05, 0.1) is 18.5 Å². The van der Waals surface area contributed by atoms with Gasteiger partial charge in [0, 0.05) is 34.9 Å². The van der Waals surface area contributed by atoms with Crippen LogP contribution in [0.25, 0.3) is 0 Å². The molecule has 1 aromatic carbocycles. The number of rotatable bonds is 6. The third-order valence-corrected chi connectivity index (χ3v) is 3.53. The van der Waals surface area contributed by atoms with E-state index in [9.17, 15) is 4.21 Å². The highest BCUT2D eigenvalue weighted by Gasteiger charge is 2.01. The third kappa shape index (κ3) is 3.73. The quantitative estimate of drug-likeness (QED) is 0.741. The summed E-state index contributed by atoms with van der Waals surface area (Å²) < 4.78 is 16.3. The summed E-state index contributed by atoms with van der Waals surface area (Å²) in [5, 5.41) is 3.15. The topological polar surface area (TPSA) is 64.3 Å². The van der Waals surface area contributed by atoms with E-state index in [1.54, 1.807) is 13.2 Å². The van der Waals surface area contributed by atoms with Crippen molar-refractivity contribution in [1.29, 1.82) is 0 Å². The van der Waals surface area contributed by atoms with Crippen LogP contribution in [0.15, 0.2) is 18.2 Å². The number of nitrogen functional groups attached to an aromatic ring is 1. The molecule has 0 bridgehead atoms. The summed E-state index contributed by atoms with van der Waals surface area (Å²) in [4.78, 5) is 0. The molecule has 4 nitrogen and oxygen atoms in total. The summed E-state index contributed by atoms with van der Waals surface area (Å²) in [7, 11) is 0.864. The van der Waals surface area contributed by atoms with E-state index in [2.05, 4.69) is 5.32 Å². The van der Waals surface area contributed by atoms with Crippen LogP contribution in [0, 0.1) is 0 Å². The zero-order valence-corrected chi connectivity index (χ0v) is 10.5. The van der Waals surface area contributed by atoms with Crippen LogP contribution < -0.4 is 15.8 Å². The van der Waals surface area contributed by atoms with Gasteiger partial charge in [-0.05, 0) is 12.1 Å². The van der Waals surface area contributed by atoms with Crippen molar-refractivity contribution in [3.8, 4) is 5.75 Å². The van der Waals surface area contributed by atoms with Crippen molar-refractivity contribution in [3.05, 3.63) is 18.2 Å². The fraction of sp³-hybridized carbons (Fsp3) is 0.455. The Morgan fingerprint density at radius 2 is 2.25 bits per heavy atom. The average molecular weight is 242 g/mol. The molecule has 0 radical (unpaired) electrons. The number of ether oxygens (including phenoxy) is 1. The molecule has 0 aromatic heterocycles. The Bertz CT molecular complexity index is 369. The van der Waals surface area contributed by atoms with Gasteiger partial charge in [0.2, 0.25) is 0 Å². The third-order valence-electron chi connectivity index (χ3n) is 2.23. The van der Waals surface area contributed by atoms with Crippen molar-refractivity contribution < 1.29 is 8.95 Å². The monoisotopic (exact) mass is 242 g/mol. The molecule has 16 heavy (non-hydrogen) atoms. The highest BCUT2D eigenvalue weighted by Crippen LogP contribution is 2.23. The van der Waals surface area contributed by atoms with E-state index in [0.29, 0.717) is 23.7 Å². The van der Waals surface area contributed by atoms with E-state index < -0.39 is 10.8 Å². The van der Waals surface area contributed by atoms with Gasteiger partial charge >= 0.3 is 0 Å². The van der Waals surface area contributed by atoms with Crippen LogP contribution in [-0.4, -0.2) is 29.4 Å².